The van der Waals surface area contributed by atoms with Crippen molar-refractivity contribution in [2.75, 3.05) is 24.5 Å². The summed E-state index contributed by atoms with van der Waals surface area (Å²) in [7, 11) is 1.77. The van der Waals surface area contributed by atoms with Crippen LogP contribution < -0.4 is 10.6 Å². The maximum absolute atomic E-state index is 12.8. The third-order valence-corrected chi connectivity index (χ3v) is 5.44. The van der Waals surface area contributed by atoms with Crippen molar-refractivity contribution in [1.29, 1.82) is 0 Å². The second-order valence-corrected chi connectivity index (χ2v) is 11.4. The van der Waals surface area contributed by atoms with Crippen LogP contribution in [-0.2, 0) is 18.3 Å². The van der Waals surface area contributed by atoms with Gasteiger partial charge in [0, 0.05) is 33.2 Å². The number of imidazole rings is 1. The number of amides is 1. The van der Waals surface area contributed by atoms with Gasteiger partial charge in [0.2, 0.25) is 0 Å². The van der Waals surface area contributed by atoms with Crippen LogP contribution in [-0.4, -0.2) is 55.9 Å². The monoisotopic (exact) mass is 431 g/mol. The normalized spacial score (nSPS) is 17.3. The first-order valence-electron chi connectivity index (χ1n) is 10.9. The van der Waals surface area contributed by atoms with Gasteiger partial charge in [0.05, 0.1) is 11.1 Å². The first kappa shape index (κ1) is 23.2. The number of carbonyl (C=O) groups is 1. The van der Waals surface area contributed by atoms with Gasteiger partial charge in [-0.2, -0.15) is 0 Å². The van der Waals surface area contributed by atoms with Gasteiger partial charge in [0.25, 0.3) is 0 Å². The highest BCUT2D eigenvalue weighted by atomic mass is 16.6. The molecule has 0 unspecified atom stereocenters. The molecule has 0 radical (unpaired) electrons. The van der Waals surface area contributed by atoms with E-state index in [2.05, 4.69) is 25.7 Å². The van der Waals surface area contributed by atoms with Crippen molar-refractivity contribution in [2.45, 2.75) is 73.1 Å². The molecule has 0 bridgehead atoms. The molecule has 0 aromatic carbocycles. The number of aromatic nitrogens is 3. The van der Waals surface area contributed by atoms with E-state index in [0.29, 0.717) is 31.8 Å². The molecule has 3 rings (SSSR count). The van der Waals surface area contributed by atoms with Gasteiger partial charge in [-0.05, 0) is 52.2 Å². The van der Waals surface area contributed by atoms with Crippen LogP contribution in [0.3, 0.4) is 0 Å². The Bertz CT molecular complexity index is 1040. The summed E-state index contributed by atoms with van der Waals surface area (Å²) in [6.07, 6.45) is -0.290. The SMILES string of the molecule is Cn1c(=O)n(CC(C)(C)C)c2ccc(N3CCN(C(=O)OC(C)(C)C)C(C)(C)C3)nc21. The quantitative estimate of drug-likeness (QED) is 0.726. The van der Waals surface area contributed by atoms with Gasteiger partial charge in [-0.3, -0.25) is 14.0 Å². The molecule has 0 saturated carbocycles. The Labute approximate surface area is 184 Å². The van der Waals surface area contributed by atoms with E-state index in [-0.39, 0.29) is 17.2 Å². The second kappa shape index (κ2) is 7.57. The van der Waals surface area contributed by atoms with E-state index in [1.807, 2.05) is 46.8 Å². The van der Waals surface area contributed by atoms with Crippen molar-refractivity contribution in [2.24, 2.45) is 12.5 Å². The highest BCUT2D eigenvalue weighted by Crippen LogP contribution is 2.28. The van der Waals surface area contributed by atoms with Gasteiger partial charge in [0.1, 0.15) is 11.4 Å². The third-order valence-electron chi connectivity index (χ3n) is 5.44. The van der Waals surface area contributed by atoms with Crippen LogP contribution in [0, 0.1) is 5.41 Å². The van der Waals surface area contributed by atoms with E-state index in [0.717, 1.165) is 11.3 Å². The van der Waals surface area contributed by atoms with E-state index in [1.165, 1.54) is 0 Å². The molecule has 1 aliphatic heterocycles. The van der Waals surface area contributed by atoms with Crippen LogP contribution in [0.15, 0.2) is 16.9 Å². The Kier molecular flexibility index (Phi) is 5.65. The zero-order chi connectivity index (χ0) is 23.4. The minimum absolute atomic E-state index is 0.0151. The lowest BCUT2D eigenvalue weighted by Crippen LogP contribution is -2.62. The van der Waals surface area contributed by atoms with Gasteiger partial charge < -0.3 is 9.64 Å². The number of carbonyl (C=O) groups excluding carboxylic acids is 1. The summed E-state index contributed by atoms with van der Waals surface area (Å²) in [6.45, 7) is 18.5. The van der Waals surface area contributed by atoms with Crippen molar-refractivity contribution < 1.29 is 9.53 Å². The summed E-state index contributed by atoms with van der Waals surface area (Å²) in [6, 6.07) is 3.96. The first-order valence-corrected chi connectivity index (χ1v) is 10.9. The summed E-state index contributed by atoms with van der Waals surface area (Å²) in [5.74, 6) is 0.813. The third kappa shape index (κ3) is 4.88. The molecule has 0 aliphatic carbocycles. The number of ether oxygens (including phenoxy) is 1. The molecule has 0 N–H and O–H groups in total. The Morgan fingerprint density at radius 2 is 1.77 bits per heavy atom. The number of anilines is 1. The van der Waals surface area contributed by atoms with Gasteiger partial charge in [0.15, 0.2) is 5.65 Å². The predicted octanol–water partition coefficient (Wildman–Crippen LogP) is 3.62. The van der Waals surface area contributed by atoms with Gasteiger partial charge in [-0.1, -0.05) is 20.8 Å². The zero-order valence-electron chi connectivity index (χ0n) is 20.4. The largest absolute Gasteiger partial charge is 0.444 e. The molecule has 31 heavy (non-hydrogen) atoms. The lowest BCUT2D eigenvalue weighted by Gasteiger charge is -2.47. The number of fused-ring (bicyclic) bond motifs is 1. The summed E-state index contributed by atoms with van der Waals surface area (Å²) in [5.41, 5.74) is 0.517. The highest BCUT2D eigenvalue weighted by molar-refractivity contribution is 5.74. The predicted molar refractivity (Wildman–Crippen MR) is 124 cm³/mol. The molecule has 0 atom stereocenters. The number of hydrogen-bond donors (Lipinski definition) is 0. The second-order valence-electron chi connectivity index (χ2n) is 11.4. The zero-order valence-corrected chi connectivity index (χ0v) is 20.4. The maximum Gasteiger partial charge on any atom is 0.410 e. The molecule has 1 aliphatic rings. The molecular formula is C23H37N5O3. The van der Waals surface area contributed by atoms with E-state index in [4.69, 9.17) is 9.72 Å². The summed E-state index contributed by atoms with van der Waals surface area (Å²) in [4.78, 5) is 34.3. The van der Waals surface area contributed by atoms with Crippen molar-refractivity contribution >= 4 is 23.1 Å². The molecule has 0 spiro atoms. The van der Waals surface area contributed by atoms with Gasteiger partial charge in [-0.15, -0.1) is 0 Å². The van der Waals surface area contributed by atoms with Crippen LogP contribution in [0.4, 0.5) is 10.6 Å². The van der Waals surface area contributed by atoms with E-state index < -0.39 is 11.1 Å². The van der Waals surface area contributed by atoms with E-state index in [1.54, 1.807) is 21.1 Å². The smallest absolute Gasteiger partial charge is 0.410 e. The molecule has 2 aromatic rings. The lowest BCUT2D eigenvalue weighted by molar-refractivity contribution is 0.000314. The molecule has 1 fully saturated rings. The highest BCUT2D eigenvalue weighted by Gasteiger charge is 2.39. The number of aryl methyl sites for hydroxylation is 1. The fraction of sp³-hybridized carbons (Fsp3) is 0.696. The van der Waals surface area contributed by atoms with Crippen LogP contribution in [0.1, 0.15) is 55.4 Å². The molecule has 1 amide bonds. The molecule has 2 aromatic heterocycles. The topological polar surface area (TPSA) is 72.6 Å². The Morgan fingerprint density at radius 3 is 2.32 bits per heavy atom. The van der Waals surface area contributed by atoms with E-state index in [9.17, 15) is 9.59 Å². The molecule has 1 saturated heterocycles. The molecular weight excluding hydrogens is 394 g/mol. The minimum Gasteiger partial charge on any atom is -0.444 e. The Hall–Kier alpha value is -2.51. The van der Waals surface area contributed by atoms with Crippen LogP contribution in [0.25, 0.3) is 11.2 Å². The van der Waals surface area contributed by atoms with Crippen molar-refractivity contribution in [3.8, 4) is 0 Å². The Morgan fingerprint density at radius 1 is 1.13 bits per heavy atom. The number of hydrogen-bond acceptors (Lipinski definition) is 5. The fourth-order valence-corrected chi connectivity index (χ4v) is 4.07. The van der Waals surface area contributed by atoms with Crippen molar-refractivity contribution in [1.82, 2.24) is 19.0 Å². The number of nitrogens with zero attached hydrogens (tertiary/aromatic N) is 5. The summed E-state index contributed by atoms with van der Waals surface area (Å²) < 4.78 is 9.01. The average molecular weight is 432 g/mol. The molecule has 172 valence electrons. The lowest BCUT2D eigenvalue weighted by atomic mass is 9.97. The average Bonchev–Trinajstić information content (AvgIpc) is 2.82. The fourth-order valence-electron chi connectivity index (χ4n) is 4.07. The number of rotatable bonds is 2. The van der Waals surface area contributed by atoms with Gasteiger partial charge in [-0.25, -0.2) is 14.6 Å². The van der Waals surface area contributed by atoms with E-state index >= 15 is 0 Å². The number of piperazine rings is 1. The van der Waals surface area contributed by atoms with Gasteiger partial charge >= 0.3 is 11.8 Å². The van der Waals surface area contributed by atoms with Crippen LogP contribution >= 0.6 is 0 Å². The van der Waals surface area contributed by atoms with Crippen molar-refractivity contribution in [3.05, 3.63) is 22.6 Å². The molecule has 8 heteroatoms. The Balaban J connectivity index is 1.88. The van der Waals surface area contributed by atoms with Crippen LogP contribution in [0.5, 0.6) is 0 Å². The van der Waals surface area contributed by atoms with Crippen molar-refractivity contribution in [3.63, 3.8) is 0 Å². The molecule has 8 nitrogen and oxygen atoms in total. The first-order chi connectivity index (χ1) is 14.1. The standard InChI is InChI=1S/C23H37N5O3/c1-21(2,3)14-27-16-10-11-17(24-18(16)25(9)19(27)29)26-12-13-28(23(7,8)15-26)20(30)31-22(4,5)6/h10-11H,12-15H2,1-9H3. The van der Waals surface area contributed by atoms with Crippen LogP contribution in [0.2, 0.25) is 0 Å². The maximum atomic E-state index is 12.8. The minimum atomic E-state index is -0.526. The summed E-state index contributed by atoms with van der Waals surface area (Å²) in [5, 5.41) is 0. The molecule has 3 heterocycles. The summed E-state index contributed by atoms with van der Waals surface area (Å²) >= 11 is 0. The number of pyridine rings is 1.